The van der Waals surface area contributed by atoms with Gasteiger partial charge in [-0.1, -0.05) is 54.1 Å². The predicted octanol–water partition coefficient (Wildman–Crippen LogP) is 4.79. The molecule has 0 spiro atoms. The molecule has 3 rings (SSSR count). The Labute approximate surface area is 142 Å². The van der Waals surface area contributed by atoms with Crippen molar-refractivity contribution in [1.29, 1.82) is 5.26 Å². The summed E-state index contributed by atoms with van der Waals surface area (Å²) in [5, 5.41) is 9.62. The lowest BCUT2D eigenvalue weighted by molar-refractivity contribution is 1.25. The van der Waals surface area contributed by atoms with Gasteiger partial charge in [0.2, 0.25) is 0 Å². The van der Waals surface area contributed by atoms with E-state index in [1.807, 2.05) is 37.3 Å². The molecule has 3 nitrogen and oxygen atoms in total. The van der Waals surface area contributed by atoms with Crippen molar-refractivity contribution < 1.29 is 0 Å². The fraction of sp³-hybridized carbons (Fsp3) is 0.143. The predicted molar refractivity (Wildman–Crippen MR) is 98.4 cm³/mol. The summed E-state index contributed by atoms with van der Waals surface area (Å²) in [5.41, 5.74) is 13.6. The number of nitrogen functional groups attached to an aromatic ring is 1. The molecule has 0 aliphatic rings. The zero-order chi connectivity index (χ0) is 17.3. The van der Waals surface area contributed by atoms with Gasteiger partial charge in [0.05, 0.1) is 5.69 Å². The summed E-state index contributed by atoms with van der Waals surface area (Å²) in [6.07, 6.45) is 0. The average molecular weight is 313 g/mol. The minimum atomic E-state index is 0.275. The van der Waals surface area contributed by atoms with E-state index in [1.54, 1.807) is 0 Å². The Morgan fingerprint density at radius 2 is 1.71 bits per heavy atom. The standard InChI is InChI=1S/C21H19N3/c1-13-9-10-17(14(2)11-13)19-15(3)20(16-7-5-4-6-8-16)24-21(23)18(19)12-22/h4-11H,1-3H3,(H2,23,24). The molecule has 0 atom stereocenters. The average Bonchev–Trinajstić information content (AvgIpc) is 2.57. The van der Waals surface area contributed by atoms with Crippen molar-refractivity contribution >= 4 is 5.82 Å². The third kappa shape index (κ3) is 2.63. The van der Waals surface area contributed by atoms with Crippen LogP contribution >= 0.6 is 0 Å². The maximum Gasteiger partial charge on any atom is 0.142 e. The quantitative estimate of drug-likeness (QED) is 0.739. The summed E-state index contributed by atoms with van der Waals surface area (Å²) < 4.78 is 0. The van der Waals surface area contributed by atoms with Crippen LogP contribution in [0.15, 0.2) is 48.5 Å². The second-order valence-corrected chi connectivity index (χ2v) is 6.02. The first-order chi connectivity index (χ1) is 11.5. The van der Waals surface area contributed by atoms with Crippen LogP contribution in [0.1, 0.15) is 22.3 Å². The van der Waals surface area contributed by atoms with Crippen LogP contribution in [0.5, 0.6) is 0 Å². The molecule has 118 valence electrons. The molecule has 1 heterocycles. The molecule has 0 saturated heterocycles. The second kappa shape index (κ2) is 6.17. The lowest BCUT2D eigenvalue weighted by atomic mass is 9.90. The topological polar surface area (TPSA) is 62.7 Å². The van der Waals surface area contributed by atoms with Crippen LogP contribution in [0, 0.1) is 32.1 Å². The Hall–Kier alpha value is -3.12. The molecule has 2 aromatic carbocycles. The first-order valence-electron chi connectivity index (χ1n) is 7.86. The van der Waals surface area contributed by atoms with Gasteiger partial charge < -0.3 is 5.73 Å². The number of hydrogen-bond donors (Lipinski definition) is 1. The van der Waals surface area contributed by atoms with E-state index in [0.717, 1.165) is 33.5 Å². The summed E-state index contributed by atoms with van der Waals surface area (Å²) in [6.45, 7) is 6.12. The third-order valence-corrected chi connectivity index (χ3v) is 4.28. The second-order valence-electron chi connectivity index (χ2n) is 6.02. The SMILES string of the molecule is Cc1ccc(-c2c(C)c(-c3ccccc3)nc(N)c2C#N)c(C)c1. The van der Waals surface area contributed by atoms with Crippen LogP contribution in [0.25, 0.3) is 22.4 Å². The molecule has 24 heavy (non-hydrogen) atoms. The first kappa shape index (κ1) is 15.8. The van der Waals surface area contributed by atoms with E-state index in [1.165, 1.54) is 5.56 Å². The molecule has 0 fully saturated rings. The van der Waals surface area contributed by atoms with Crippen molar-refractivity contribution in [3.8, 4) is 28.5 Å². The minimum absolute atomic E-state index is 0.275. The number of hydrogen-bond acceptors (Lipinski definition) is 3. The van der Waals surface area contributed by atoms with Gasteiger partial charge in [-0.25, -0.2) is 4.98 Å². The maximum absolute atomic E-state index is 9.62. The van der Waals surface area contributed by atoms with Gasteiger partial charge in [0.1, 0.15) is 17.5 Å². The smallest absolute Gasteiger partial charge is 0.142 e. The highest BCUT2D eigenvalue weighted by atomic mass is 14.9. The van der Waals surface area contributed by atoms with Crippen LogP contribution in [0.3, 0.4) is 0 Å². The van der Waals surface area contributed by atoms with E-state index >= 15 is 0 Å². The molecule has 1 aromatic heterocycles. The van der Waals surface area contributed by atoms with Crippen LogP contribution in [-0.4, -0.2) is 4.98 Å². The maximum atomic E-state index is 9.62. The summed E-state index contributed by atoms with van der Waals surface area (Å²) in [7, 11) is 0. The van der Waals surface area contributed by atoms with Crippen LogP contribution in [0.4, 0.5) is 5.82 Å². The number of aromatic nitrogens is 1. The van der Waals surface area contributed by atoms with Gasteiger partial charge in [0.25, 0.3) is 0 Å². The zero-order valence-electron chi connectivity index (χ0n) is 14.1. The number of nitrogens with zero attached hydrogens (tertiary/aromatic N) is 2. The molecule has 2 N–H and O–H groups in total. The molecule has 0 radical (unpaired) electrons. The van der Waals surface area contributed by atoms with Gasteiger partial charge in [-0.15, -0.1) is 0 Å². The molecule has 0 saturated carbocycles. The van der Waals surface area contributed by atoms with Crippen molar-refractivity contribution in [2.45, 2.75) is 20.8 Å². The Morgan fingerprint density at radius 1 is 1.00 bits per heavy atom. The lowest BCUT2D eigenvalue weighted by Gasteiger charge is -2.17. The highest BCUT2D eigenvalue weighted by Gasteiger charge is 2.19. The van der Waals surface area contributed by atoms with Gasteiger partial charge >= 0.3 is 0 Å². The molecule has 0 aliphatic carbocycles. The summed E-state index contributed by atoms with van der Waals surface area (Å²) in [6, 6.07) is 18.4. The van der Waals surface area contributed by atoms with Crippen LogP contribution in [-0.2, 0) is 0 Å². The van der Waals surface area contributed by atoms with E-state index in [4.69, 9.17) is 5.73 Å². The Morgan fingerprint density at radius 3 is 2.33 bits per heavy atom. The highest BCUT2D eigenvalue weighted by Crippen LogP contribution is 2.37. The molecule has 3 heteroatoms. The number of nitrogens with two attached hydrogens (primary N) is 1. The number of anilines is 1. The van der Waals surface area contributed by atoms with Crippen molar-refractivity contribution in [1.82, 2.24) is 4.98 Å². The highest BCUT2D eigenvalue weighted by molar-refractivity contribution is 5.85. The summed E-state index contributed by atoms with van der Waals surface area (Å²) >= 11 is 0. The molecule has 3 aromatic rings. The Balaban J connectivity index is 2.36. The molecular formula is C21H19N3. The molecule has 0 amide bonds. The first-order valence-corrected chi connectivity index (χ1v) is 7.86. The van der Waals surface area contributed by atoms with E-state index in [2.05, 4.69) is 43.1 Å². The lowest BCUT2D eigenvalue weighted by Crippen LogP contribution is -2.04. The van der Waals surface area contributed by atoms with E-state index < -0.39 is 0 Å². The van der Waals surface area contributed by atoms with Gasteiger partial charge in [0.15, 0.2) is 0 Å². The van der Waals surface area contributed by atoms with Gasteiger partial charge in [-0.05, 0) is 37.5 Å². The van der Waals surface area contributed by atoms with Crippen molar-refractivity contribution in [2.24, 2.45) is 0 Å². The number of aryl methyl sites for hydroxylation is 2. The van der Waals surface area contributed by atoms with Crippen molar-refractivity contribution in [2.75, 3.05) is 5.73 Å². The van der Waals surface area contributed by atoms with E-state index in [-0.39, 0.29) is 5.82 Å². The largest absolute Gasteiger partial charge is 0.383 e. The van der Waals surface area contributed by atoms with Gasteiger partial charge in [-0.2, -0.15) is 5.26 Å². The zero-order valence-corrected chi connectivity index (χ0v) is 14.1. The Bertz CT molecular complexity index is 951. The van der Waals surface area contributed by atoms with Gasteiger partial charge in [0, 0.05) is 11.1 Å². The van der Waals surface area contributed by atoms with E-state index in [9.17, 15) is 5.26 Å². The molecule has 0 aliphatic heterocycles. The normalized spacial score (nSPS) is 10.4. The summed E-state index contributed by atoms with van der Waals surface area (Å²) in [4.78, 5) is 4.50. The summed E-state index contributed by atoms with van der Waals surface area (Å²) in [5.74, 6) is 0.275. The molecule has 0 bridgehead atoms. The number of rotatable bonds is 2. The van der Waals surface area contributed by atoms with E-state index in [0.29, 0.717) is 5.56 Å². The third-order valence-electron chi connectivity index (χ3n) is 4.28. The molecular weight excluding hydrogens is 294 g/mol. The molecule has 0 unspecified atom stereocenters. The monoisotopic (exact) mass is 313 g/mol. The van der Waals surface area contributed by atoms with Crippen LogP contribution < -0.4 is 5.73 Å². The van der Waals surface area contributed by atoms with Gasteiger partial charge in [-0.3, -0.25) is 0 Å². The minimum Gasteiger partial charge on any atom is -0.383 e. The fourth-order valence-corrected chi connectivity index (χ4v) is 3.12. The number of pyridine rings is 1. The Kier molecular flexibility index (Phi) is 4.05. The van der Waals surface area contributed by atoms with Crippen molar-refractivity contribution in [3.05, 3.63) is 70.8 Å². The van der Waals surface area contributed by atoms with Crippen LogP contribution in [0.2, 0.25) is 0 Å². The number of nitriles is 1. The fourth-order valence-electron chi connectivity index (χ4n) is 3.12. The van der Waals surface area contributed by atoms with Crippen molar-refractivity contribution in [3.63, 3.8) is 0 Å². The number of benzene rings is 2.